The van der Waals surface area contributed by atoms with Crippen molar-refractivity contribution in [3.8, 4) is 0 Å². The van der Waals surface area contributed by atoms with E-state index in [0.29, 0.717) is 5.69 Å². The predicted molar refractivity (Wildman–Crippen MR) is 70.0 cm³/mol. The topological polar surface area (TPSA) is 86.6 Å². The minimum Gasteiger partial charge on any atom is -0.478 e. The Bertz CT molecular complexity index is 667. The average molecular weight is 275 g/mol. The summed E-state index contributed by atoms with van der Waals surface area (Å²) in [5.74, 6) is -2.95. The Balaban J connectivity index is 2.30. The van der Waals surface area contributed by atoms with Gasteiger partial charge in [0.05, 0.1) is 16.8 Å². The smallest absolute Gasteiger partial charge is 0.337 e. The number of hydrogen-bond donors (Lipinski definition) is 3. The molecule has 0 saturated heterocycles. The summed E-state index contributed by atoms with van der Waals surface area (Å²) in [4.78, 5) is 21.7. The number of rotatable bonds is 4. The highest BCUT2D eigenvalue weighted by Gasteiger charge is 2.11. The van der Waals surface area contributed by atoms with Crippen molar-refractivity contribution in [3.05, 3.63) is 59.4 Å². The van der Waals surface area contributed by atoms with E-state index in [1.165, 1.54) is 30.3 Å². The second-order valence-corrected chi connectivity index (χ2v) is 4.00. The van der Waals surface area contributed by atoms with Crippen LogP contribution in [-0.4, -0.2) is 22.2 Å². The van der Waals surface area contributed by atoms with Gasteiger partial charge in [0, 0.05) is 5.69 Å². The summed E-state index contributed by atoms with van der Waals surface area (Å²) in [6.45, 7) is 0. The third kappa shape index (κ3) is 2.92. The average Bonchev–Trinajstić information content (AvgIpc) is 2.41. The molecule has 3 N–H and O–H groups in total. The summed E-state index contributed by atoms with van der Waals surface area (Å²) in [6, 6.07) is 9.13. The number of halogens is 1. The lowest BCUT2D eigenvalue weighted by molar-refractivity contribution is 0.0686. The highest BCUT2D eigenvalue weighted by atomic mass is 19.1. The van der Waals surface area contributed by atoms with Gasteiger partial charge in [0.25, 0.3) is 0 Å². The van der Waals surface area contributed by atoms with Gasteiger partial charge < -0.3 is 15.5 Å². The molecular formula is C14H10FNO4. The Hall–Kier alpha value is -2.89. The number of hydrogen-bond acceptors (Lipinski definition) is 3. The van der Waals surface area contributed by atoms with Crippen LogP contribution in [0.4, 0.5) is 15.8 Å². The number of carboxylic acids is 2. The zero-order valence-corrected chi connectivity index (χ0v) is 10.1. The number of carbonyl (C=O) groups is 2. The van der Waals surface area contributed by atoms with Crippen LogP contribution in [0.25, 0.3) is 0 Å². The predicted octanol–water partition coefficient (Wildman–Crippen LogP) is 2.97. The van der Waals surface area contributed by atoms with Crippen LogP contribution in [0.15, 0.2) is 42.5 Å². The van der Waals surface area contributed by atoms with Crippen LogP contribution in [0, 0.1) is 5.82 Å². The van der Waals surface area contributed by atoms with Gasteiger partial charge in [-0.15, -0.1) is 0 Å². The standard InChI is InChI=1S/C14H10FNO4/c15-9-3-6-12(11(7-9)14(19)20)16-10-4-1-8(2-5-10)13(17)18/h1-7,16H,(H,17,18)(H,19,20). The molecule has 102 valence electrons. The molecule has 0 amide bonds. The number of nitrogens with one attached hydrogen (secondary N) is 1. The zero-order chi connectivity index (χ0) is 14.7. The van der Waals surface area contributed by atoms with Crippen molar-refractivity contribution in [1.82, 2.24) is 0 Å². The van der Waals surface area contributed by atoms with Crippen LogP contribution in [0.2, 0.25) is 0 Å². The van der Waals surface area contributed by atoms with Crippen LogP contribution in [0.5, 0.6) is 0 Å². The summed E-state index contributed by atoms with van der Waals surface area (Å²) >= 11 is 0. The lowest BCUT2D eigenvalue weighted by Crippen LogP contribution is -2.03. The molecule has 2 aromatic carbocycles. The van der Waals surface area contributed by atoms with Gasteiger partial charge in [0.2, 0.25) is 0 Å². The van der Waals surface area contributed by atoms with E-state index in [1.807, 2.05) is 0 Å². The normalized spacial score (nSPS) is 10.1. The highest BCUT2D eigenvalue weighted by molar-refractivity contribution is 5.95. The fourth-order valence-electron chi connectivity index (χ4n) is 1.65. The molecule has 0 saturated carbocycles. The van der Waals surface area contributed by atoms with Gasteiger partial charge in [-0.25, -0.2) is 14.0 Å². The van der Waals surface area contributed by atoms with E-state index >= 15 is 0 Å². The molecule has 0 heterocycles. The molecule has 20 heavy (non-hydrogen) atoms. The Morgan fingerprint density at radius 2 is 1.60 bits per heavy atom. The van der Waals surface area contributed by atoms with Crippen LogP contribution < -0.4 is 5.32 Å². The first kappa shape index (κ1) is 13.5. The van der Waals surface area contributed by atoms with E-state index in [4.69, 9.17) is 10.2 Å². The van der Waals surface area contributed by atoms with Gasteiger partial charge in [-0.3, -0.25) is 0 Å². The molecule has 5 nitrogen and oxygen atoms in total. The van der Waals surface area contributed by atoms with Crippen molar-refractivity contribution < 1.29 is 24.2 Å². The molecule has 0 unspecified atom stereocenters. The third-order valence-electron chi connectivity index (χ3n) is 2.62. The number of aromatic carboxylic acids is 2. The molecule has 0 spiro atoms. The van der Waals surface area contributed by atoms with Crippen molar-refractivity contribution in [2.24, 2.45) is 0 Å². The molecule has 0 atom stereocenters. The number of carboxylic acid groups (broad SMARTS) is 2. The zero-order valence-electron chi connectivity index (χ0n) is 10.1. The lowest BCUT2D eigenvalue weighted by Gasteiger charge is -2.10. The molecule has 0 aliphatic heterocycles. The van der Waals surface area contributed by atoms with E-state index < -0.39 is 17.8 Å². The van der Waals surface area contributed by atoms with Gasteiger partial charge in [-0.05, 0) is 42.5 Å². The molecule has 0 aliphatic carbocycles. The van der Waals surface area contributed by atoms with Gasteiger partial charge >= 0.3 is 11.9 Å². The van der Waals surface area contributed by atoms with E-state index in [1.54, 1.807) is 0 Å². The monoisotopic (exact) mass is 275 g/mol. The van der Waals surface area contributed by atoms with Crippen LogP contribution in [0.3, 0.4) is 0 Å². The van der Waals surface area contributed by atoms with Gasteiger partial charge in [0.15, 0.2) is 0 Å². The van der Waals surface area contributed by atoms with E-state index in [0.717, 1.165) is 12.1 Å². The first-order chi connectivity index (χ1) is 9.47. The Kier molecular flexibility index (Phi) is 3.65. The summed E-state index contributed by atoms with van der Waals surface area (Å²) < 4.78 is 13.0. The molecule has 0 radical (unpaired) electrons. The summed E-state index contributed by atoms with van der Waals surface area (Å²) in [6.07, 6.45) is 0. The van der Waals surface area contributed by atoms with Crippen molar-refractivity contribution in [2.45, 2.75) is 0 Å². The van der Waals surface area contributed by atoms with Gasteiger partial charge in [-0.2, -0.15) is 0 Å². The summed E-state index contributed by atoms with van der Waals surface area (Å²) in [7, 11) is 0. The molecule has 0 aromatic heterocycles. The minimum atomic E-state index is -1.26. The van der Waals surface area contributed by atoms with Crippen LogP contribution >= 0.6 is 0 Å². The second kappa shape index (κ2) is 5.40. The van der Waals surface area contributed by atoms with E-state index in [9.17, 15) is 14.0 Å². The maximum Gasteiger partial charge on any atom is 0.337 e. The van der Waals surface area contributed by atoms with E-state index in [-0.39, 0.29) is 16.8 Å². The number of benzene rings is 2. The molecule has 2 rings (SSSR count). The van der Waals surface area contributed by atoms with Crippen molar-refractivity contribution in [1.29, 1.82) is 0 Å². The fourth-order valence-corrected chi connectivity index (χ4v) is 1.65. The molecule has 0 bridgehead atoms. The quantitative estimate of drug-likeness (QED) is 0.798. The first-order valence-electron chi connectivity index (χ1n) is 5.60. The van der Waals surface area contributed by atoms with Crippen molar-refractivity contribution >= 4 is 23.3 Å². The second-order valence-electron chi connectivity index (χ2n) is 4.00. The highest BCUT2D eigenvalue weighted by Crippen LogP contribution is 2.22. The summed E-state index contributed by atoms with van der Waals surface area (Å²) in [5, 5.41) is 20.6. The molecule has 0 fully saturated rings. The maximum atomic E-state index is 13.0. The van der Waals surface area contributed by atoms with Crippen molar-refractivity contribution in [3.63, 3.8) is 0 Å². The minimum absolute atomic E-state index is 0.119. The molecule has 0 aliphatic rings. The molecule has 6 heteroatoms. The Morgan fingerprint density at radius 3 is 2.15 bits per heavy atom. The molecule has 2 aromatic rings. The summed E-state index contributed by atoms with van der Waals surface area (Å²) in [5.41, 5.74) is 0.645. The van der Waals surface area contributed by atoms with E-state index in [2.05, 4.69) is 5.32 Å². The largest absolute Gasteiger partial charge is 0.478 e. The van der Waals surface area contributed by atoms with Crippen LogP contribution in [0.1, 0.15) is 20.7 Å². The Labute approximate surface area is 113 Å². The molecular weight excluding hydrogens is 265 g/mol. The van der Waals surface area contributed by atoms with Crippen molar-refractivity contribution in [2.75, 3.05) is 5.32 Å². The van der Waals surface area contributed by atoms with Gasteiger partial charge in [0.1, 0.15) is 5.82 Å². The lowest BCUT2D eigenvalue weighted by atomic mass is 10.1. The van der Waals surface area contributed by atoms with Gasteiger partial charge in [-0.1, -0.05) is 0 Å². The SMILES string of the molecule is O=C(O)c1ccc(Nc2ccc(F)cc2C(=O)O)cc1. The Morgan fingerprint density at radius 1 is 0.950 bits per heavy atom. The maximum absolute atomic E-state index is 13.0. The fraction of sp³-hybridized carbons (Fsp3) is 0. The van der Waals surface area contributed by atoms with Crippen LogP contribution in [-0.2, 0) is 0 Å². The number of anilines is 2. The third-order valence-corrected chi connectivity index (χ3v) is 2.62. The first-order valence-corrected chi connectivity index (χ1v) is 5.60.